The number of thiophene rings is 1. The number of rotatable bonds is 3. The quantitative estimate of drug-likeness (QED) is 0.376. The van der Waals surface area contributed by atoms with Crippen molar-refractivity contribution in [1.29, 1.82) is 0 Å². The minimum atomic E-state index is -0.143. The van der Waals surface area contributed by atoms with E-state index < -0.39 is 0 Å². The van der Waals surface area contributed by atoms with Gasteiger partial charge in [-0.15, -0.1) is 11.3 Å². The first-order chi connectivity index (χ1) is 14.1. The third kappa shape index (κ3) is 3.31. The fourth-order valence-corrected chi connectivity index (χ4v) is 5.21. The summed E-state index contributed by atoms with van der Waals surface area (Å²) in [6.45, 7) is 0. The molecule has 8 heteroatoms. The van der Waals surface area contributed by atoms with Gasteiger partial charge in [-0.25, -0.2) is 4.98 Å². The van der Waals surface area contributed by atoms with Crippen LogP contribution in [0.3, 0.4) is 0 Å². The van der Waals surface area contributed by atoms with Crippen LogP contribution in [-0.2, 0) is 12.8 Å². The number of furan rings is 1. The Bertz CT molecular complexity index is 1320. The molecule has 29 heavy (non-hydrogen) atoms. The van der Waals surface area contributed by atoms with E-state index in [-0.39, 0.29) is 5.56 Å². The Kier molecular flexibility index (Phi) is 4.78. The van der Waals surface area contributed by atoms with Crippen molar-refractivity contribution >= 4 is 51.0 Å². The second-order valence-electron chi connectivity index (χ2n) is 6.83. The zero-order valence-corrected chi connectivity index (χ0v) is 17.5. The molecule has 0 amide bonds. The highest BCUT2D eigenvalue weighted by molar-refractivity contribution is 7.18. The summed E-state index contributed by atoms with van der Waals surface area (Å²) in [5, 5.41) is 5.86. The Morgan fingerprint density at radius 2 is 2.03 bits per heavy atom. The average molecular weight is 444 g/mol. The molecule has 0 radical (unpaired) electrons. The Morgan fingerprint density at radius 1 is 1.17 bits per heavy atom. The maximum atomic E-state index is 12.9. The van der Waals surface area contributed by atoms with Crippen LogP contribution in [0, 0.1) is 0 Å². The van der Waals surface area contributed by atoms with Gasteiger partial charge in [-0.1, -0.05) is 29.3 Å². The first kappa shape index (κ1) is 18.6. The lowest BCUT2D eigenvalue weighted by molar-refractivity contribution is 0.574. The molecule has 1 aliphatic carbocycles. The first-order valence-corrected chi connectivity index (χ1v) is 10.8. The summed E-state index contributed by atoms with van der Waals surface area (Å²) in [4.78, 5) is 19.5. The van der Waals surface area contributed by atoms with Gasteiger partial charge in [-0.3, -0.25) is 4.79 Å². The highest BCUT2D eigenvalue weighted by atomic mass is 35.5. The van der Waals surface area contributed by atoms with Gasteiger partial charge >= 0.3 is 0 Å². The summed E-state index contributed by atoms with van der Waals surface area (Å²) in [6, 6.07) is 8.91. The lowest BCUT2D eigenvalue weighted by atomic mass is 9.97. The highest BCUT2D eigenvalue weighted by Gasteiger charge is 2.20. The number of hydrogen-bond donors (Lipinski definition) is 0. The van der Waals surface area contributed by atoms with Crippen molar-refractivity contribution in [3.8, 4) is 11.3 Å². The molecule has 0 spiro atoms. The van der Waals surface area contributed by atoms with Crippen LogP contribution in [-0.4, -0.2) is 15.9 Å². The van der Waals surface area contributed by atoms with Gasteiger partial charge in [0.2, 0.25) is 0 Å². The Balaban J connectivity index is 1.49. The molecular weight excluding hydrogens is 429 g/mol. The molecule has 1 aliphatic rings. The largest absolute Gasteiger partial charge is 0.455 e. The van der Waals surface area contributed by atoms with Crippen molar-refractivity contribution < 1.29 is 4.42 Å². The normalized spacial score (nSPS) is 14.0. The van der Waals surface area contributed by atoms with Crippen LogP contribution in [0.15, 0.2) is 51.0 Å². The minimum Gasteiger partial charge on any atom is -0.455 e. The summed E-state index contributed by atoms with van der Waals surface area (Å²) >= 11 is 14.0. The van der Waals surface area contributed by atoms with Crippen molar-refractivity contribution in [2.24, 2.45) is 5.10 Å². The maximum Gasteiger partial charge on any atom is 0.282 e. The maximum absolute atomic E-state index is 12.9. The predicted octanol–water partition coefficient (Wildman–Crippen LogP) is 5.79. The molecule has 3 aromatic heterocycles. The van der Waals surface area contributed by atoms with Crippen molar-refractivity contribution in [3.05, 3.63) is 73.3 Å². The average Bonchev–Trinajstić information content (AvgIpc) is 3.34. The SMILES string of the molecule is O=c1c2c3c(sc2ncn1/N=C/c1ccc(-c2cccc(Cl)c2Cl)o1)CCCC3. The Labute approximate surface area is 180 Å². The lowest BCUT2D eigenvalue weighted by Gasteiger charge is -2.09. The standard InChI is InChI=1S/C21H15Cl2N3O2S/c22-15-6-3-5-13(19(15)23)16-9-8-12(28-16)10-25-26-11-24-20-18(21(26)27)14-4-1-2-7-17(14)29-20/h3,5-6,8-11H,1-2,4,7H2/b25-10+. The smallest absolute Gasteiger partial charge is 0.282 e. The summed E-state index contributed by atoms with van der Waals surface area (Å²) in [5.41, 5.74) is 1.70. The summed E-state index contributed by atoms with van der Waals surface area (Å²) in [7, 11) is 0. The molecule has 3 heterocycles. The molecule has 0 saturated heterocycles. The van der Waals surface area contributed by atoms with Gasteiger partial charge in [-0.2, -0.15) is 9.78 Å². The van der Waals surface area contributed by atoms with E-state index >= 15 is 0 Å². The Hall–Kier alpha value is -2.41. The van der Waals surface area contributed by atoms with Crippen molar-refractivity contribution in [3.63, 3.8) is 0 Å². The third-order valence-corrected chi connectivity index (χ3v) is 7.03. The van der Waals surface area contributed by atoms with E-state index in [9.17, 15) is 4.79 Å². The number of benzene rings is 1. The topological polar surface area (TPSA) is 60.4 Å². The van der Waals surface area contributed by atoms with Crippen LogP contribution in [0.4, 0.5) is 0 Å². The molecule has 5 rings (SSSR count). The molecule has 0 aliphatic heterocycles. The van der Waals surface area contributed by atoms with Crippen molar-refractivity contribution in [2.75, 3.05) is 0 Å². The number of aryl methyl sites for hydroxylation is 2. The third-order valence-electron chi connectivity index (χ3n) is 5.01. The van der Waals surface area contributed by atoms with Crippen molar-refractivity contribution in [1.82, 2.24) is 9.66 Å². The van der Waals surface area contributed by atoms with Gasteiger partial charge in [0.25, 0.3) is 5.56 Å². The number of hydrogen-bond acceptors (Lipinski definition) is 5. The zero-order chi connectivity index (χ0) is 20.0. The molecule has 0 fully saturated rings. The van der Waals surface area contributed by atoms with Crippen LogP contribution >= 0.6 is 34.5 Å². The van der Waals surface area contributed by atoms with E-state index in [0.29, 0.717) is 32.5 Å². The molecule has 0 unspecified atom stereocenters. The number of nitrogens with zero attached hydrogens (tertiary/aromatic N) is 3. The highest BCUT2D eigenvalue weighted by Crippen LogP contribution is 2.34. The molecule has 4 aromatic rings. The van der Waals surface area contributed by atoms with Crippen LogP contribution in [0.1, 0.15) is 29.0 Å². The molecule has 0 bridgehead atoms. The second kappa shape index (κ2) is 7.44. The van der Waals surface area contributed by atoms with E-state index in [1.54, 1.807) is 29.5 Å². The number of halogens is 2. The lowest BCUT2D eigenvalue weighted by Crippen LogP contribution is -2.17. The Morgan fingerprint density at radius 3 is 2.93 bits per heavy atom. The molecule has 0 N–H and O–H groups in total. The summed E-state index contributed by atoms with van der Waals surface area (Å²) < 4.78 is 7.07. The van der Waals surface area contributed by atoms with Gasteiger partial charge in [0.1, 0.15) is 22.7 Å². The van der Waals surface area contributed by atoms with Crippen molar-refractivity contribution in [2.45, 2.75) is 25.7 Å². The van der Waals surface area contributed by atoms with E-state index in [1.807, 2.05) is 12.1 Å². The molecular formula is C21H15Cl2N3O2S. The number of aromatic nitrogens is 2. The van der Waals surface area contributed by atoms with Crippen LogP contribution in [0.25, 0.3) is 21.5 Å². The van der Waals surface area contributed by atoms with Crippen LogP contribution in [0.5, 0.6) is 0 Å². The minimum absolute atomic E-state index is 0.143. The van der Waals surface area contributed by atoms with Crippen LogP contribution in [0.2, 0.25) is 10.0 Å². The molecule has 1 aromatic carbocycles. The van der Waals surface area contributed by atoms with E-state index in [4.69, 9.17) is 27.6 Å². The molecule has 0 saturated carbocycles. The summed E-state index contributed by atoms with van der Waals surface area (Å²) in [5.74, 6) is 1.07. The van der Waals surface area contributed by atoms with Gasteiger partial charge in [0, 0.05) is 10.4 Å². The second-order valence-corrected chi connectivity index (χ2v) is 8.70. The van der Waals surface area contributed by atoms with E-state index in [2.05, 4.69) is 10.1 Å². The van der Waals surface area contributed by atoms with Gasteiger partial charge in [0.15, 0.2) is 0 Å². The molecule has 5 nitrogen and oxygen atoms in total. The van der Waals surface area contributed by atoms with E-state index in [1.165, 1.54) is 28.5 Å². The monoisotopic (exact) mass is 443 g/mol. The fourth-order valence-electron chi connectivity index (χ4n) is 3.60. The predicted molar refractivity (Wildman–Crippen MR) is 118 cm³/mol. The molecule has 0 atom stereocenters. The first-order valence-electron chi connectivity index (χ1n) is 9.22. The van der Waals surface area contributed by atoms with E-state index in [0.717, 1.165) is 29.7 Å². The van der Waals surface area contributed by atoms with Crippen LogP contribution < -0.4 is 5.56 Å². The van der Waals surface area contributed by atoms with Gasteiger partial charge in [-0.05, 0) is 55.5 Å². The number of fused-ring (bicyclic) bond motifs is 3. The zero-order valence-electron chi connectivity index (χ0n) is 15.2. The summed E-state index contributed by atoms with van der Waals surface area (Å²) in [6.07, 6.45) is 7.19. The molecule has 146 valence electrons. The van der Waals surface area contributed by atoms with Gasteiger partial charge in [0.05, 0.1) is 21.6 Å². The fraction of sp³-hybridized carbons (Fsp3) is 0.190. The van der Waals surface area contributed by atoms with Gasteiger partial charge < -0.3 is 4.42 Å².